The van der Waals surface area contributed by atoms with E-state index < -0.39 is 11.9 Å². The van der Waals surface area contributed by atoms with E-state index in [1.165, 1.54) is 12.1 Å². The van der Waals surface area contributed by atoms with Crippen molar-refractivity contribution in [3.8, 4) is 6.07 Å². The predicted octanol–water partition coefficient (Wildman–Crippen LogP) is 3.55. The molecule has 0 aliphatic heterocycles. The van der Waals surface area contributed by atoms with Gasteiger partial charge in [0.25, 0.3) is 0 Å². The number of carbonyl (C=O) groups is 2. The first-order valence-electron chi connectivity index (χ1n) is 6.45. The summed E-state index contributed by atoms with van der Waals surface area (Å²) in [7, 11) is 1.15. The summed E-state index contributed by atoms with van der Waals surface area (Å²) in [5.41, 5.74) is 0.0433. The van der Waals surface area contributed by atoms with E-state index in [1.807, 2.05) is 0 Å². The second-order valence-corrected chi connectivity index (χ2v) is 5.39. The predicted molar refractivity (Wildman–Crippen MR) is 86.3 cm³/mol. The minimum Gasteiger partial charge on any atom is -0.465 e. The maximum absolute atomic E-state index is 12.0. The van der Waals surface area contributed by atoms with Crippen molar-refractivity contribution in [3.05, 3.63) is 39.5 Å². The first-order valence-corrected chi connectivity index (χ1v) is 7.20. The molecule has 1 aromatic carbocycles. The summed E-state index contributed by atoms with van der Waals surface area (Å²) in [5, 5.41) is 11.8. The number of nitrogens with zero attached hydrogens (tertiary/aromatic N) is 1. The first-order chi connectivity index (χ1) is 10.8. The Morgan fingerprint density at radius 2 is 2.00 bits per heavy atom. The Morgan fingerprint density at radius 1 is 1.35 bits per heavy atom. The van der Waals surface area contributed by atoms with Crippen LogP contribution >= 0.6 is 23.2 Å². The molecule has 1 N–H and O–H groups in total. The van der Waals surface area contributed by atoms with Crippen LogP contribution in [-0.2, 0) is 14.3 Å². The fourth-order valence-corrected chi connectivity index (χ4v) is 1.98. The lowest BCUT2D eigenvalue weighted by molar-refractivity contribution is -0.135. The molecule has 23 heavy (non-hydrogen) atoms. The Morgan fingerprint density at radius 3 is 2.52 bits per heavy atom. The molecule has 0 aliphatic rings. The van der Waals surface area contributed by atoms with Crippen LogP contribution in [0.25, 0.3) is 0 Å². The molecule has 0 spiro atoms. The van der Waals surface area contributed by atoms with Gasteiger partial charge in [0.1, 0.15) is 6.07 Å². The number of hydrogen-bond acceptors (Lipinski definition) is 6. The molecular weight excluding hydrogens is 343 g/mol. The van der Waals surface area contributed by atoms with Gasteiger partial charge in [0, 0.05) is 11.2 Å². The van der Waals surface area contributed by atoms with Gasteiger partial charge in [-0.05, 0) is 26.0 Å². The van der Waals surface area contributed by atoms with Crippen LogP contribution in [0.15, 0.2) is 23.9 Å². The molecule has 0 heterocycles. The van der Waals surface area contributed by atoms with Crippen molar-refractivity contribution in [2.24, 2.45) is 0 Å². The van der Waals surface area contributed by atoms with E-state index in [-0.39, 0.29) is 33.0 Å². The molecule has 0 aliphatic carbocycles. The van der Waals surface area contributed by atoms with E-state index in [2.05, 4.69) is 10.1 Å². The molecular formula is C15H14Cl2N2O4. The molecule has 1 rings (SSSR count). The second kappa shape index (κ2) is 8.42. The number of halogens is 2. The zero-order valence-electron chi connectivity index (χ0n) is 12.6. The van der Waals surface area contributed by atoms with Gasteiger partial charge in [-0.2, -0.15) is 5.26 Å². The van der Waals surface area contributed by atoms with Crippen molar-refractivity contribution >= 4 is 40.8 Å². The summed E-state index contributed by atoms with van der Waals surface area (Å²) in [4.78, 5) is 23.3. The zero-order chi connectivity index (χ0) is 17.6. The Bertz CT molecular complexity index is 693. The molecule has 0 saturated carbocycles. The van der Waals surface area contributed by atoms with E-state index in [9.17, 15) is 9.59 Å². The van der Waals surface area contributed by atoms with E-state index in [1.54, 1.807) is 19.9 Å². The fourth-order valence-electron chi connectivity index (χ4n) is 1.52. The van der Waals surface area contributed by atoms with E-state index in [4.69, 9.17) is 33.2 Å². The lowest BCUT2D eigenvalue weighted by Crippen LogP contribution is -2.12. The number of anilines is 1. The van der Waals surface area contributed by atoms with Crippen LogP contribution in [0.3, 0.4) is 0 Å². The smallest absolute Gasteiger partial charge is 0.350 e. The quantitative estimate of drug-likeness (QED) is 0.493. The SMILES string of the molecule is COC(=O)C(C#N)=CNc1cc(Cl)cc(C(=O)OC(C)C)c1Cl. The van der Waals surface area contributed by atoms with Crippen molar-refractivity contribution in [2.45, 2.75) is 20.0 Å². The van der Waals surface area contributed by atoms with Gasteiger partial charge in [-0.25, -0.2) is 9.59 Å². The molecule has 1 aromatic rings. The van der Waals surface area contributed by atoms with Gasteiger partial charge in [0.2, 0.25) is 0 Å². The molecule has 0 saturated heterocycles. The van der Waals surface area contributed by atoms with E-state index in [0.29, 0.717) is 0 Å². The number of rotatable bonds is 5. The van der Waals surface area contributed by atoms with Crippen molar-refractivity contribution in [2.75, 3.05) is 12.4 Å². The summed E-state index contributed by atoms with van der Waals surface area (Å²) in [6, 6.07) is 4.49. The molecule has 0 atom stereocenters. The lowest BCUT2D eigenvalue weighted by Gasteiger charge is -2.12. The lowest BCUT2D eigenvalue weighted by atomic mass is 10.2. The maximum Gasteiger partial charge on any atom is 0.350 e. The average molecular weight is 357 g/mol. The molecule has 6 nitrogen and oxygen atoms in total. The minimum absolute atomic E-state index is 0.0541. The molecule has 122 valence electrons. The largest absolute Gasteiger partial charge is 0.465 e. The van der Waals surface area contributed by atoms with Crippen molar-refractivity contribution < 1.29 is 19.1 Å². The topological polar surface area (TPSA) is 88.4 Å². The third-order valence-electron chi connectivity index (χ3n) is 2.50. The van der Waals surface area contributed by atoms with Gasteiger partial charge < -0.3 is 14.8 Å². The highest BCUT2D eigenvalue weighted by atomic mass is 35.5. The molecule has 0 amide bonds. The highest BCUT2D eigenvalue weighted by Gasteiger charge is 2.18. The molecule has 0 radical (unpaired) electrons. The number of esters is 2. The number of carbonyl (C=O) groups excluding carboxylic acids is 2. The van der Waals surface area contributed by atoms with E-state index >= 15 is 0 Å². The van der Waals surface area contributed by atoms with Crippen LogP contribution < -0.4 is 5.32 Å². The molecule has 0 bridgehead atoms. The van der Waals surface area contributed by atoms with Gasteiger partial charge >= 0.3 is 11.9 Å². The normalized spacial score (nSPS) is 10.9. The van der Waals surface area contributed by atoms with Crippen LogP contribution in [0.2, 0.25) is 10.0 Å². The summed E-state index contributed by atoms with van der Waals surface area (Å²) in [6.07, 6.45) is 0.791. The zero-order valence-corrected chi connectivity index (χ0v) is 14.2. The summed E-state index contributed by atoms with van der Waals surface area (Å²) in [6.45, 7) is 3.40. The van der Waals surface area contributed by atoms with Crippen molar-refractivity contribution in [3.63, 3.8) is 0 Å². The van der Waals surface area contributed by atoms with E-state index in [0.717, 1.165) is 13.3 Å². The number of nitriles is 1. The average Bonchev–Trinajstić information content (AvgIpc) is 2.49. The minimum atomic E-state index is -0.808. The van der Waals surface area contributed by atoms with Crippen molar-refractivity contribution in [1.82, 2.24) is 0 Å². The standard InChI is InChI=1S/C15H14Cl2N2O4/c1-8(2)23-15(21)11-4-10(16)5-12(13(11)17)19-7-9(6-18)14(20)22-3/h4-5,7-8,19H,1-3H3. The molecule has 0 unspecified atom stereocenters. The van der Waals surface area contributed by atoms with Gasteiger partial charge in [0.15, 0.2) is 5.57 Å². The van der Waals surface area contributed by atoms with Gasteiger partial charge in [-0.1, -0.05) is 23.2 Å². The van der Waals surface area contributed by atoms with Crippen LogP contribution in [0.4, 0.5) is 5.69 Å². The van der Waals surface area contributed by atoms with Crippen LogP contribution in [-0.4, -0.2) is 25.2 Å². The van der Waals surface area contributed by atoms with Crippen LogP contribution in [0.5, 0.6) is 0 Å². The Balaban J connectivity index is 3.17. The van der Waals surface area contributed by atoms with Gasteiger partial charge in [-0.15, -0.1) is 0 Å². The van der Waals surface area contributed by atoms with Gasteiger partial charge in [0.05, 0.1) is 29.5 Å². The van der Waals surface area contributed by atoms with Gasteiger partial charge in [-0.3, -0.25) is 0 Å². The Labute approximate surface area is 143 Å². The Kier molecular flexibility index (Phi) is 6.89. The molecule has 0 fully saturated rings. The van der Waals surface area contributed by atoms with Crippen molar-refractivity contribution in [1.29, 1.82) is 5.26 Å². The van der Waals surface area contributed by atoms with Crippen LogP contribution in [0, 0.1) is 11.3 Å². The highest BCUT2D eigenvalue weighted by molar-refractivity contribution is 6.38. The third-order valence-corrected chi connectivity index (χ3v) is 3.12. The number of methoxy groups -OCH3 is 1. The first kappa shape index (κ1) is 18.8. The highest BCUT2D eigenvalue weighted by Crippen LogP contribution is 2.31. The molecule has 8 heteroatoms. The number of benzene rings is 1. The third kappa shape index (κ3) is 5.16. The number of hydrogen-bond donors (Lipinski definition) is 1. The second-order valence-electron chi connectivity index (χ2n) is 4.57. The monoisotopic (exact) mass is 356 g/mol. The molecule has 0 aromatic heterocycles. The summed E-state index contributed by atoms with van der Waals surface area (Å²) in [5.74, 6) is -1.44. The Hall–Kier alpha value is -2.23. The van der Waals surface area contributed by atoms with Crippen LogP contribution in [0.1, 0.15) is 24.2 Å². The summed E-state index contributed by atoms with van der Waals surface area (Å²) < 4.78 is 9.53. The summed E-state index contributed by atoms with van der Waals surface area (Å²) >= 11 is 12.1. The number of ether oxygens (including phenoxy) is 2. The fraction of sp³-hybridized carbons (Fsp3) is 0.267. The maximum atomic E-state index is 12.0. The number of nitrogens with one attached hydrogen (secondary N) is 1.